The number of hydrogen-bond donors (Lipinski definition) is 0. The van der Waals surface area contributed by atoms with E-state index in [0.29, 0.717) is 35.9 Å². The lowest BCUT2D eigenvalue weighted by molar-refractivity contribution is 0.0569. The number of amides is 1. The van der Waals surface area contributed by atoms with Crippen LogP contribution in [0.5, 0.6) is 0 Å². The predicted octanol–water partition coefficient (Wildman–Crippen LogP) is 2.91. The van der Waals surface area contributed by atoms with Gasteiger partial charge in [0.2, 0.25) is 11.7 Å². The van der Waals surface area contributed by atoms with Gasteiger partial charge in [0.25, 0.3) is 5.91 Å². The summed E-state index contributed by atoms with van der Waals surface area (Å²) in [5.74, 6) is 1.12. The lowest BCUT2D eigenvalue weighted by Crippen LogP contribution is -2.48. The zero-order valence-corrected chi connectivity index (χ0v) is 13.4. The Morgan fingerprint density at radius 3 is 3.00 bits per heavy atom. The molecule has 0 N–H and O–H groups in total. The van der Waals surface area contributed by atoms with Crippen molar-refractivity contribution < 1.29 is 9.32 Å². The van der Waals surface area contributed by atoms with Crippen molar-refractivity contribution in [2.24, 2.45) is 0 Å². The molecular weight excluding hydrogens is 324 g/mol. The molecular formula is C17H12N4O2S. The third-order valence-electron chi connectivity index (χ3n) is 3.98. The number of likely N-dealkylation sites (tertiary alicyclic amines) is 1. The van der Waals surface area contributed by atoms with Crippen LogP contribution in [0.4, 0.5) is 0 Å². The number of benzene rings is 1. The van der Waals surface area contributed by atoms with Gasteiger partial charge in [0.1, 0.15) is 0 Å². The Kier molecular flexibility index (Phi) is 3.59. The van der Waals surface area contributed by atoms with E-state index in [0.717, 1.165) is 5.56 Å². The number of nitriles is 1. The molecule has 7 heteroatoms. The fraction of sp³-hybridized carbons (Fsp3) is 0.176. The standard InChI is InChI=1S/C17H12N4O2S/c18-7-11-2-1-3-12(6-11)17(22)21-8-14(9-21)16-19-15(20-23-16)13-4-5-24-10-13/h1-6,10,14H,8-9H2. The fourth-order valence-electron chi connectivity index (χ4n) is 2.61. The first kappa shape index (κ1) is 14.6. The number of aromatic nitrogens is 2. The van der Waals surface area contributed by atoms with Crippen LogP contribution in [-0.4, -0.2) is 34.0 Å². The molecule has 1 fully saturated rings. The van der Waals surface area contributed by atoms with Gasteiger partial charge in [-0.05, 0) is 29.6 Å². The van der Waals surface area contributed by atoms with Crippen molar-refractivity contribution in [3.05, 3.63) is 58.1 Å². The quantitative estimate of drug-likeness (QED) is 0.734. The van der Waals surface area contributed by atoms with Crippen LogP contribution in [0.2, 0.25) is 0 Å². The molecule has 2 aromatic heterocycles. The summed E-state index contributed by atoms with van der Waals surface area (Å²) in [5, 5.41) is 16.8. The summed E-state index contributed by atoms with van der Waals surface area (Å²) in [5.41, 5.74) is 1.95. The zero-order valence-electron chi connectivity index (χ0n) is 12.5. The highest BCUT2D eigenvalue weighted by Gasteiger charge is 2.36. The van der Waals surface area contributed by atoms with Gasteiger partial charge in [0.05, 0.1) is 17.6 Å². The molecule has 6 nitrogen and oxygen atoms in total. The zero-order chi connectivity index (χ0) is 16.5. The number of thiophene rings is 1. The summed E-state index contributed by atoms with van der Waals surface area (Å²) in [4.78, 5) is 18.5. The van der Waals surface area contributed by atoms with Crippen LogP contribution >= 0.6 is 11.3 Å². The van der Waals surface area contributed by atoms with Gasteiger partial charge in [-0.3, -0.25) is 4.79 Å². The first-order chi connectivity index (χ1) is 11.7. The van der Waals surface area contributed by atoms with Crippen LogP contribution in [0.25, 0.3) is 11.4 Å². The highest BCUT2D eigenvalue weighted by molar-refractivity contribution is 7.08. The van der Waals surface area contributed by atoms with Crippen LogP contribution in [0.1, 0.15) is 27.7 Å². The van der Waals surface area contributed by atoms with Crippen molar-refractivity contribution in [2.75, 3.05) is 13.1 Å². The predicted molar refractivity (Wildman–Crippen MR) is 87.4 cm³/mol. The second-order valence-electron chi connectivity index (χ2n) is 5.57. The number of carbonyl (C=O) groups is 1. The monoisotopic (exact) mass is 336 g/mol. The van der Waals surface area contributed by atoms with Crippen molar-refractivity contribution in [1.29, 1.82) is 5.26 Å². The maximum atomic E-state index is 12.4. The second kappa shape index (κ2) is 5.91. The molecule has 0 unspecified atom stereocenters. The van der Waals surface area contributed by atoms with Crippen LogP contribution in [0.15, 0.2) is 45.6 Å². The minimum atomic E-state index is -0.0825. The molecule has 0 saturated carbocycles. The van der Waals surface area contributed by atoms with Crippen molar-refractivity contribution in [3.8, 4) is 17.5 Å². The molecule has 118 valence electrons. The molecule has 3 aromatic rings. The van der Waals surface area contributed by atoms with Crippen LogP contribution in [0, 0.1) is 11.3 Å². The third-order valence-corrected chi connectivity index (χ3v) is 4.66. The average Bonchev–Trinajstić information content (AvgIpc) is 3.24. The highest BCUT2D eigenvalue weighted by atomic mass is 32.1. The molecule has 1 aliphatic rings. The summed E-state index contributed by atoms with van der Waals surface area (Å²) < 4.78 is 5.33. The summed E-state index contributed by atoms with van der Waals surface area (Å²) in [7, 11) is 0. The van der Waals surface area contributed by atoms with E-state index >= 15 is 0 Å². The maximum Gasteiger partial charge on any atom is 0.253 e. The van der Waals surface area contributed by atoms with E-state index in [1.807, 2.05) is 22.9 Å². The Bertz CT molecular complexity index is 920. The lowest BCUT2D eigenvalue weighted by Gasteiger charge is -2.37. The molecule has 0 atom stereocenters. The van der Waals surface area contributed by atoms with Crippen LogP contribution in [-0.2, 0) is 0 Å². The average molecular weight is 336 g/mol. The van der Waals surface area contributed by atoms with Crippen molar-refractivity contribution >= 4 is 17.2 Å². The van der Waals surface area contributed by atoms with Gasteiger partial charge < -0.3 is 9.42 Å². The molecule has 0 radical (unpaired) electrons. The first-order valence-electron chi connectivity index (χ1n) is 7.40. The Balaban J connectivity index is 1.43. The van der Waals surface area contributed by atoms with Gasteiger partial charge in [-0.25, -0.2) is 0 Å². The lowest BCUT2D eigenvalue weighted by atomic mass is 9.98. The van der Waals surface area contributed by atoms with Crippen molar-refractivity contribution in [3.63, 3.8) is 0 Å². The van der Waals surface area contributed by atoms with E-state index in [9.17, 15) is 4.79 Å². The van der Waals surface area contributed by atoms with Crippen LogP contribution in [0.3, 0.4) is 0 Å². The molecule has 0 spiro atoms. The van der Waals surface area contributed by atoms with Crippen molar-refractivity contribution in [1.82, 2.24) is 15.0 Å². The molecule has 1 saturated heterocycles. The molecule has 1 amide bonds. The minimum absolute atomic E-state index is 0.0629. The first-order valence-corrected chi connectivity index (χ1v) is 8.34. The minimum Gasteiger partial charge on any atom is -0.339 e. The summed E-state index contributed by atoms with van der Waals surface area (Å²) in [6.45, 7) is 1.09. The Labute approximate surface area is 142 Å². The smallest absolute Gasteiger partial charge is 0.253 e. The Hall–Kier alpha value is -2.98. The van der Waals surface area contributed by atoms with Crippen molar-refractivity contribution in [2.45, 2.75) is 5.92 Å². The number of carbonyl (C=O) groups excluding carboxylic acids is 1. The van der Waals surface area contributed by atoms with E-state index in [1.165, 1.54) is 0 Å². The summed E-state index contributed by atoms with van der Waals surface area (Å²) >= 11 is 1.58. The molecule has 0 bridgehead atoms. The van der Waals surface area contributed by atoms with Gasteiger partial charge >= 0.3 is 0 Å². The Morgan fingerprint density at radius 1 is 1.38 bits per heavy atom. The molecule has 24 heavy (non-hydrogen) atoms. The summed E-state index contributed by atoms with van der Waals surface area (Å²) in [6, 6.07) is 10.7. The Morgan fingerprint density at radius 2 is 2.25 bits per heavy atom. The van der Waals surface area contributed by atoms with Gasteiger partial charge in [-0.1, -0.05) is 11.2 Å². The number of nitrogens with zero attached hydrogens (tertiary/aromatic N) is 4. The van der Waals surface area contributed by atoms with E-state index in [2.05, 4.69) is 10.1 Å². The second-order valence-corrected chi connectivity index (χ2v) is 6.35. The molecule has 3 heterocycles. The largest absolute Gasteiger partial charge is 0.339 e. The van der Waals surface area contributed by atoms with E-state index in [4.69, 9.17) is 9.78 Å². The number of rotatable bonds is 3. The summed E-state index contributed by atoms with van der Waals surface area (Å²) in [6.07, 6.45) is 0. The molecule has 1 aliphatic heterocycles. The normalized spacial score (nSPS) is 14.2. The maximum absolute atomic E-state index is 12.4. The fourth-order valence-corrected chi connectivity index (χ4v) is 3.25. The van der Waals surface area contributed by atoms with Gasteiger partial charge in [0, 0.05) is 29.6 Å². The van der Waals surface area contributed by atoms with Gasteiger partial charge in [-0.15, -0.1) is 0 Å². The van der Waals surface area contributed by atoms with Gasteiger partial charge in [0.15, 0.2) is 0 Å². The van der Waals surface area contributed by atoms with Gasteiger partial charge in [-0.2, -0.15) is 21.6 Å². The third kappa shape index (κ3) is 2.57. The van der Waals surface area contributed by atoms with E-state index < -0.39 is 0 Å². The van der Waals surface area contributed by atoms with E-state index in [1.54, 1.807) is 40.5 Å². The molecule has 1 aromatic carbocycles. The SMILES string of the molecule is N#Cc1cccc(C(=O)N2CC(c3nc(-c4ccsc4)no3)C2)c1. The molecule has 0 aliphatic carbocycles. The molecule has 4 rings (SSSR count). The topological polar surface area (TPSA) is 83.0 Å². The van der Waals surface area contributed by atoms with Crippen LogP contribution < -0.4 is 0 Å². The highest BCUT2D eigenvalue weighted by Crippen LogP contribution is 2.29. The number of hydrogen-bond acceptors (Lipinski definition) is 6. The van der Waals surface area contributed by atoms with E-state index in [-0.39, 0.29) is 11.8 Å².